The monoisotopic (exact) mass is 242 g/mol. The first kappa shape index (κ1) is 12.5. The van der Waals surface area contributed by atoms with Crippen molar-refractivity contribution in [3.63, 3.8) is 0 Å². The summed E-state index contributed by atoms with van der Waals surface area (Å²) in [6.45, 7) is 3.99. The first-order valence-electron chi connectivity index (χ1n) is 5.86. The number of hydrogen-bond acceptors (Lipinski definition) is 2. The van der Waals surface area contributed by atoms with Crippen LogP contribution in [0.5, 0.6) is 0 Å². The third-order valence-corrected chi connectivity index (χ3v) is 2.94. The second-order valence-corrected chi connectivity index (χ2v) is 4.35. The van der Waals surface area contributed by atoms with Crippen LogP contribution in [0.1, 0.15) is 38.5 Å². The molecule has 3 atom stereocenters. The summed E-state index contributed by atoms with van der Waals surface area (Å²) in [5, 5.41) is 0. The highest BCUT2D eigenvalue weighted by Crippen LogP contribution is 2.31. The second kappa shape index (κ2) is 5.10. The van der Waals surface area contributed by atoms with Crippen LogP contribution >= 0.6 is 0 Å². The minimum atomic E-state index is -0.874. The van der Waals surface area contributed by atoms with Crippen LogP contribution in [0.2, 0.25) is 0 Å². The van der Waals surface area contributed by atoms with Crippen LogP contribution in [0.4, 0.5) is 8.78 Å². The lowest BCUT2D eigenvalue weighted by molar-refractivity contribution is -0.243. The molecule has 2 rings (SSSR count). The molecule has 1 fully saturated rings. The van der Waals surface area contributed by atoms with E-state index < -0.39 is 17.9 Å². The summed E-state index contributed by atoms with van der Waals surface area (Å²) in [6.07, 6.45) is 1.28. The van der Waals surface area contributed by atoms with Crippen molar-refractivity contribution in [1.82, 2.24) is 0 Å². The molecule has 1 heterocycles. The third-order valence-electron chi connectivity index (χ3n) is 2.94. The highest BCUT2D eigenvalue weighted by atomic mass is 19.2. The molecule has 94 valence electrons. The summed E-state index contributed by atoms with van der Waals surface area (Å²) in [7, 11) is 0. The Bertz CT molecular complexity index is 395. The van der Waals surface area contributed by atoms with Gasteiger partial charge in [-0.1, -0.05) is 13.0 Å². The third kappa shape index (κ3) is 2.82. The summed E-state index contributed by atoms with van der Waals surface area (Å²) >= 11 is 0. The van der Waals surface area contributed by atoms with Crippen LogP contribution in [0.3, 0.4) is 0 Å². The number of ether oxygens (including phenoxy) is 2. The predicted octanol–water partition coefficient (Wildman–Crippen LogP) is 3.57. The van der Waals surface area contributed by atoms with Gasteiger partial charge < -0.3 is 9.47 Å². The van der Waals surface area contributed by atoms with Gasteiger partial charge in [-0.3, -0.25) is 0 Å². The largest absolute Gasteiger partial charge is 0.345 e. The van der Waals surface area contributed by atoms with E-state index in [1.807, 2.05) is 13.8 Å². The van der Waals surface area contributed by atoms with Crippen LogP contribution in [-0.4, -0.2) is 12.2 Å². The van der Waals surface area contributed by atoms with E-state index in [0.717, 1.165) is 25.0 Å². The fourth-order valence-corrected chi connectivity index (χ4v) is 1.98. The zero-order valence-electron chi connectivity index (χ0n) is 9.95. The molecule has 3 unspecified atom stereocenters. The lowest BCUT2D eigenvalue weighted by atomic mass is 10.1. The first-order valence-corrected chi connectivity index (χ1v) is 5.86. The van der Waals surface area contributed by atoms with Gasteiger partial charge in [-0.2, -0.15) is 0 Å². The van der Waals surface area contributed by atoms with Gasteiger partial charge in [0.15, 0.2) is 17.9 Å². The van der Waals surface area contributed by atoms with E-state index in [9.17, 15) is 8.78 Å². The van der Waals surface area contributed by atoms with Crippen molar-refractivity contribution in [2.24, 2.45) is 0 Å². The maximum atomic E-state index is 13.1. The van der Waals surface area contributed by atoms with Gasteiger partial charge in [0.05, 0.1) is 12.2 Å². The van der Waals surface area contributed by atoms with E-state index in [1.54, 1.807) is 0 Å². The van der Waals surface area contributed by atoms with E-state index in [-0.39, 0.29) is 12.2 Å². The topological polar surface area (TPSA) is 18.5 Å². The van der Waals surface area contributed by atoms with Gasteiger partial charge in [0, 0.05) is 5.56 Å². The molecule has 0 aromatic heterocycles. The molecule has 1 aliphatic heterocycles. The Morgan fingerprint density at radius 1 is 1.24 bits per heavy atom. The smallest absolute Gasteiger partial charge is 0.184 e. The number of rotatable bonds is 2. The average Bonchev–Trinajstić information content (AvgIpc) is 2.32. The van der Waals surface area contributed by atoms with Crippen molar-refractivity contribution in [2.45, 2.75) is 45.2 Å². The van der Waals surface area contributed by atoms with Gasteiger partial charge in [0.1, 0.15) is 0 Å². The molecule has 1 aliphatic rings. The Kier molecular flexibility index (Phi) is 3.74. The van der Waals surface area contributed by atoms with Gasteiger partial charge in [-0.25, -0.2) is 8.78 Å². The average molecular weight is 242 g/mol. The zero-order valence-corrected chi connectivity index (χ0v) is 9.95. The van der Waals surface area contributed by atoms with Crippen LogP contribution in [0, 0.1) is 11.6 Å². The molecular formula is C13H16F2O2. The van der Waals surface area contributed by atoms with E-state index >= 15 is 0 Å². The molecule has 0 saturated carbocycles. The Balaban J connectivity index is 2.17. The first-order chi connectivity index (χ1) is 8.10. The van der Waals surface area contributed by atoms with Crippen molar-refractivity contribution in [3.05, 3.63) is 35.4 Å². The van der Waals surface area contributed by atoms with Gasteiger partial charge >= 0.3 is 0 Å². The van der Waals surface area contributed by atoms with Crippen molar-refractivity contribution in [1.29, 1.82) is 0 Å². The lowest BCUT2D eigenvalue weighted by Crippen LogP contribution is -2.31. The normalized spacial score (nSPS) is 29.3. The molecule has 1 saturated heterocycles. The molecule has 1 aromatic rings. The van der Waals surface area contributed by atoms with Crippen molar-refractivity contribution < 1.29 is 18.3 Å². The molecule has 1 aromatic carbocycles. The van der Waals surface area contributed by atoms with E-state index in [1.165, 1.54) is 6.07 Å². The minimum absolute atomic E-state index is 0.0619. The van der Waals surface area contributed by atoms with Crippen molar-refractivity contribution in [2.75, 3.05) is 0 Å². The number of hydrogen-bond donors (Lipinski definition) is 0. The summed E-state index contributed by atoms with van der Waals surface area (Å²) < 4.78 is 37.2. The lowest BCUT2D eigenvalue weighted by Gasteiger charge is -2.34. The molecule has 0 radical (unpaired) electrons. The van der Waals surface area contributed by atoms with E-state index in [2.05, 4.69) is 0 Å². The van der Waals surface area contributed by atoms with Crippen LogP contribution in [0.25, 0.3) is 0 Å². The van der Waals surface area contributed by atoms with Gasteiger partial charge in [0.2, 0.25) is 0 Å². The fraction of sp³-hybridized carbons (Fsp3) is 0.538. The van der Waals surface area contributed by atoms with Crippen molar-refractivity contribution >= 4 is 0 Å². The van der Waals surface area contributed by atoms with E-state index in [4.69, 9.17) is 9.47 Å². The van der Waals surface area contributed by atoms with Gasteiger partial charge in [-0.15, -0.1) is 0 Å². The molecule has 2 nitrogen and oxygen atoms in total. The summed E-state index contributed by atoms with van der Waals surface area (Å²) in [6, 6.07) is 3.72. The number of halogens is 2. The molecule has 17 heavy (non-hydrogen) atoms. The molecule has 0 bridgehead atoms. The SMILES string of the molecule is CCC1CC(C)OC(c2ccc(F)c(F)c2)O1. The standard InChI is InChI=1S/C13H16F2O2/c1-3-10-6-8(2)16-13(17-10)9-4-5-11(14)12(15)7-9/h4-5,7-8,10,13H,3,6H2,1-2H3. The Morgan fingerprint density at radius 3 is 2.65 bits per heavy atom. The fourth-order valence-electron chi connectivity index (χ4n) is 1.98. The maximum Gasteiger partial charge on any atom is 0.184 e. The molecule has 0 aliphatic carbocycles. The zero-order chi connectivity index (χ0) is 12.4. The molecule has 0 N–H and O–H groups in total. The van der Waals surface area contributed by atoms with Crippen LogP contribution in [0.15, 0.2) is 18.2 Å². The van der Waals surface area contributed by atoms with Gasteiger partial charge in [-0.05, 0) is 31.9 Å². The van der Waals surface area contributed by atoms with Crippen molar-refractivity contribution in [3.8, 4) is 0 Å². The Labute approximate surface area is 99.5 Å². The van der Waals surface area contributed by atoms with Crippen LogP contribution in [-0.2, 0) is 9.47 Å². The Morgan fingerprint density at radius 2 is 2.00 bits per heavy atom. The van der Waals surface area contributed by atoms with Crippen LogP contribution < -0.4 is 0 Å². The highest BCUT2D eigenvalue weighted by molar-refractivity contribution is 5.19. The summed E-state index contributed by atoms with van der Waals surface area (Å²) in [5.74, 6) is -1.73. The van der Waals surface area contributed by atoms with Gasteiger partial charge in [0.25, 0.3) is 0 Å². The molecule has 0 amide bonds. The highest BCUT2D eigenvalue weighted by Gasteiger charge is 2.28. The maximum absolute atomic E-state index is 13.1. The predicted molar refractivity (Wildman–Crippen MR) is 59.4 cm³/mol. The second-order valence-electron chi connectivity index (χ2n) is 4.35. The minimum Gasteiger partial charge on any atom is -0.345 e. The molecular weight excluding hydrogens is 226 g/mol. The number of benzene rings is 1. The molecule has 0 spiro atoms. The summed E-state index contributed by atoms with van der Waals surface area (Å²) in [5.41, 5.74) is 0.522. The van der Waals surface area contributed by atoms with E-state index in [0.29, 0.717) is 5.56 Å². The molecule has 4 heteroatoms. The summed E-state index contributed by atoms with van der Waals surface area (Å²) in [4.78, 5) is 0. The Hall–Kier alpha value is -1.00. The quantitative estimate of drug-likeness (QED) is 0.789.